The van der Waals surface area contributed by atoms with Crippen molar-refractivity contribution in [2.24, 2.45) is 0 Å². The van der Waals surface area contributed by atoms with Crippen molar-refractivity contribution < 1.29 is 4.79 Å². The number of carbonyl (C=O) groups is 1. The van der Waals surface area contributed by atoms with E-state index in [1.165, 1.54) is 12.8 Å². The zero-order valence-electron chi connectivity index (χ0n) is 8.83. The van der Waals surface area contributed by atoms with Crippen LogP contribution < -0.4 is 5.32 Å². The summed E-state index contributed by atoms with van der Waals surface area (Å²) in [5.74, 6) is 0. The summed E-state index contributed by atoms with van der Waals surface area (Å²) in [6.07, 6.45) is 3.42. The van der Waals surface area contributed by atoms with Crippen LogP contribution in [0.4, 0.5) is 4.79 Å². The molecule has 80 valence electrons. The Morgan fingerprint density at radius 1 is 1.21 bits per heavy atom. The standard InChI is InChI=1S/C10H19N3O/c1-12-5-2-6-13(8-7-12)10(14)11-9-3-4-9/h9H,2-8H2,1H3,(H,11,14). The average Bonchev–Trinajstić information content (AvgIpc) is 2.93. The Labute approximate surface area is 85.2 Å². The molecule has 14 heavy (non-hydrogen) atoms. The molecule has 2 aliphatic rings. The minimum Gasteiger partial charge on any atom is -0.335 e. The Bertz CT molecular complexity index is 215. The van der Waals surface area contributed by atoms with Gasteiger partial charge in [-0.3, -0.25) is 0 Å². The van der Waals surface area contributed by atoms with Gasteiger partial charge in [-0.25, -0.2) is 4.79 Å². The first-order valence-corrected chi connectivity index (χ1v) is 5.50. The summed E-state index contributed by atoms with van der Waals surface area (Å²) in [6, 6.07) is 0.617. The normalized spacial score (nSPS) is 24.5. The van der Waals surface area contributed by atoms with Crippen LogP contribution in [0.1, 0.15) is 19.3 Å². The molecule has 0 unspecified atom stereocenters. The van der Waals surface area contributed by atoms with Gasteiger partial charge < -0.3 is 15.1 Å². The maximum absolute atomic E-state index is 11.7. The zero-order valence-corrected chi connectivity index (χ0v) is 8.83. The third kappa shape index (κ3) is 2.61. The van der Waals surface area contributed by atoms with Crippen molar-refractivity contribution in [2.45, 2.75) is 25.3 Å². The molecular weight excluding hydrogens is 178 g/mol. The maximum Gasteiger partial charge on any atom is 0.317 e. The molecule has 0 aromatic rings. The highest BCUT2D eigenvalue weighted by molar-refractivity contribution is 5.74. The Kier molecular flexibility index (Phi) is 2.91. The highest BCUT2D eigenvalue weighted by Gasteiger charge is 2.26. The Hall–Kier alpha value is -0.770. The molecule has 0 radical (unpaired) electrons. The van der Waals surface area contributed by atoms with E-state index < -0.39 is 0 Å². The molecule has 0 atom stereocenters. The molecule has 1 aliphatic carbocycles. The van der Waals surface area contributed by atoms with E-state index >= 15 is 0 Å². The predicted molar refractivity (Wildman–Crippen MR) is 55.2 cm³/mol. The highest BCUT2D eigenvalue weighted by atomic mass is 16.2. The summed E-state index contributed by atoms with van der Waals surface area (Å²) in [5, 5.41) is 3.03. The van der Waals surface area contributed by atoms with Gasteiger partial charge in [-0.2, -0.15) is 0 Å². The summed E-state index contributed by atoms with van der Waals surface area (Å²) in [7, 11) is 2.11. The highest BCUT2D eigenvalue weighted by Crippen LogP contribution is 2.19. The van der Waals surface area contributed by atoms with Gasteiger partial charge in [0, 0.05) is 25.7 Å². The van der Waals surface area contributed by atoms with Crippen LogP contribution in [0, 0.1) is 0 Å². The Balaban J connectivity index is 1.79. The number of hydrogen-bond donors (Lipinski definition) is 1. The van der Waals surface area contributed by atoms with E-state index in [0.717, 1.165) is 32.6 Å². The van der Waals surface area contributed by atoms with Crippen LogP contribution in [-0.4, -0.2) is 55.1 Å². The fourth-order valence-electron chi connectivity index (χ4n) is 1.74. The van der Waals surface area contributed by atoms with Gasteiger partial charge in [-0.05, 0) is 32.9 Å². The molecule has 1 N–H and O–H groups in total. The lowest BCUT2D eigenvalue weighted by Crippen LogP contribution is -2.42. The molecule has 2 rings (SSSR count). The van der Waals surface area contributed by atoms with Gasteiger partial charge >= 0.3 is 6.03 Å². The molecule has 1 saturated carbocycles. The summed E-state index contributed by atoms with van der Waals surface area (Å²) < 4.78 is 0. The number of nitrogens with zero attached hydrogens (tertiary/aromatic N) is 2. The third-order valence-corrected chi connectivity index (χ3v) is 2.91. The van der Waals surface area contributed by atoms with Crippen molar-refractivity contribution in [1.82, 2.24) is 15.1 Å². The average molecular weight is 197 g/mol. The number of amides is 2. The van der Waals surface area contributed by atoms with Crippen LogP contribution in [0.2, 0.25) is 0 Å². The first kappa shape index (κ1) is 9.77. The molecule has 1 heterocycles. The van der Waals surface area contributed by atoms with Crippen LogP contribution >= 0.6 is 0 Å². The van der Waals surface area contributed by atoms with E-state index in [9.17, 15) is 4.79 Å². The molecule has 1 aliphatic heterocycles. The summed E-state index contributed by atoms with van der Waals surface area (Å²) in [5.41, 5.74) is 0. The second kappa shape index (κ2) is 4.17. The first-order valence-electron chi connectivity index (χ1n) is 5.50. The molecule has 0 aromatic heterocycles. The van der Waals surface area contributed by atoms with Gasteiger partial charge in [0.1, 0.15) is 0 Å². The number of likely N-dealkylation sites (N-methyl/N-ethyl adjacent to an activating group) is 1. The number of nitrogens with one attached hydrogen (secondary N) is 1. The lowest BCUT2D eigenvalue weighted by atomic mass is 10.4. The number of urea groups is 1. The number of rotatable bonds is 1. The van der Waals surface area contributed by atoms with E-state index in [4.69, 9.17) is 0 Å². The largest absolute Gasteiger partial charge is 0.335 e. The molecule has 2 fully saturated rings. The van der Waals surface area contributed by atoms with Crippen LogP contribution in [0.25, 0.3) is 0 Å². The van der Waals surface area contributed by atoms with Gasteiger partial charge in [0.15, 0.2) is 0 Å². The summed E-state index contributed by atoms with van der Waals surface area (Å²) in [4.78, 5) is 15.9. The molecule has 0 spiro atoms. The predicted octanol–water partition coefficient (Wildman–Crippen LogP) is 0.496. The van der Waals surface area contributed by atoms with Crippen molar-refractivity contribution >= 4 is 6.03 Å². The fourth-order valence-corrected chi connectivity index (χ4v) is 1.74. The molecule has 1 saturated heterocycles. The van der Waals surface area contributed by atoms with Crippen LogP contribution in [0.15, 0.2) is 0 Å². The summed E-state index contributed by atoms with van der Waals surface area (Å²) in [6.45, 7) is 3.88. The van der Waals surface area contributed by atoms with Gasteiger partial charge in [0.25, 0.3) is 0 Å². The van der Waals surface area contributed by atoms with Crippen molar-refractivity contribution in [3.63, 3.8) is 0 Å². The van der Waals surface area contributed by atoms with Crippen LogP contribution in [0.5, 0.6) is 0 Å². The van der Waals surface area contributed by atoms with Crippen molar-refractivity contribution in [1.29, 1.82) is 0 Å². The SMILES string of the molecule is CN1CCCN(C(=O)NC2CC2)CC1. The van der Waals surface area contributed by atoms with Crippen molar-refractivity contribution in [3.8, 4) is 0 Å². The van der Waals surface area contributed by atoms with E-state index in [-0.39, 0.29) is 6.03 Å². The number of carbonyl (C=O) groups excluding carboxylic acids is 1. The van der Waals surface area contributed by atoms with Gasteiger partial charge in [-0.15, -0.1) is 0 Å². The molecule has 0 bridgehead atoms. The lowest BCUT2D eigenvalue weighted by Gasteiger charge is -2.20. The van der Waals surface area contributed by atoms with E-state index in [2.05, 4.69) is 17.3 Å². The van der Waals surface area contributed by atoms with E-state index in [1.807, 2.05) is 4.90 Å². The van der Waals surface area contributed by atoms with Crippen LogP contribution in [0.3, 0.4) is 0 Å². The lowest BCUT2D eigenvalue weighted by molar-refractivity contribution is 0.199. The Morgan fingerprint density at radius 2 is 2.00 bits per heavy atom. The maximum atomic E-state index is 11.7. The van der Waals surface area contributed by atoms with Gasteiger partial charge in [0.05, 0.1) is 0 Å². The molecule has 4 heteroatoms. The minimum absolute atomic E-state index is 0.141. The quantitative estimate of drug-likeness (QED) is 0.664. The van der Waals surface area contributed by atoms with Gasteiger partial charge in [0.2, 0.25) is 0 Å². The van der Waals surface area contributed by atoms with E-state index in [1.54, 1.807) is 0 Å². The van der Waals surface area contributed by atoms with E-state index in [0.29, 0.717) is 6.04 Å². The van der Waals surface area contributed by atoms with Crippen molar-refractivity contribution in [2.75, 3.05) is 33.2 Å². The second-order valence-electron chi connectivity index (χ2n) is 4.37. The molecule has 0 aromatic carbocycles. The van der Waals surface area contributed by atoms with Crippen LogP contribution in [-0.2, 0) is 0 Å². The van der Waals surface area contributed by atoms with Gasteiger partial charge in [-0.1, -0.05) is 0 Å². The topological polar surface area (TPSA) is 35.6 Å². The second-order valence-corrected chi connectivity index (χ2v) is 4.37. The Morgan fingerprint density at radius 3 is 2.71 bits per heavy atom. The zero-order chi connectivity index (χ0) is 9.97. The molecular formula is C10H19N3O. The number of hydrogen-bond acceptors (Lipinski definition) is 2. The fraction of sp³-hybridized carbons (Fsp3) is 0.900. The minimum atomic E-state index is 0.141. The molecule has 4 nitrogen and oxygen atoms in total. The van der Waals surface area contributed by atoms with Crippen molar-refractivity contribution in [3.05, 3.63) is 0 Å². The molecule has 2 amide bonds. The smallest absolute Gasteiger partial charge is 0.317 e. The monoisotopic (exact) mass is 197 g/mol. The third-order valence-electron chi connectivity index (χ3n) is 2.91. The summed E-state index contributed by atoms with van der Waals surface area (Å²) >= 11 is 0. The first-order chi connectivity index (χ1) is 6.75.